The summed E-state index contributed by atoms with van der Waals surface area (Å²) in [6.45, 7) is 0.488. The third-order valence-electron chi connectivity index (χ3n) is 5.03. The van der Waals surface area contributed by atoms with Gasteiger partial charge in [-0.15, -0.1) is 0 Å². The van der Waals surface area contributed by atoms with Crippen LogP contribution < -0.4 is 15.0 Å². The largest absolute Gasteiger partial charge is 0.495 e. The van der Waals surface area contributed by atoms with E-state index in [0.717, 1.165) is 0 Å². The van der Waals surface area contributed by atoms with Crippen LogP contribution in [0.15, 0.2) is 60.9 Å². The highest BCUT2D eigenvalue weighted by atomic mass is 19.1. The first-order valence-electron chi connectivity index (χ1n) is 9.26. The number of para-hydroxylation sites is 2. The maximum atomic E-state index is 13.2. The van der Waals surface area contributed by atoms with Crippen LogP contribution in [0.2, 0.25) is 0 Å². The molecular formula is C22H20FN3O3. The van der Waals surface area contributed by atoms with Crippen LogP contribution in [-0.2, 0) is 4.79 Å². The van der Waals surface area contributed by atoms with E-state index in [1.165, 1.54) is 12.1 Å². The third kappa shape index (κ3) is 3.59. The number of ether oxygens (including phenoxy) is 1. The predicted molar refractivity (Wildman–Crippen MR) is 107 cm³/mol. The zero-order valence-electron chi connectivity index (χ0n) is 15.8. The first kappa shape index (κ1) is 18.7. The summed E-state index contributed by atoms with van der Waals surface area (Å²) >= 11 is 0. The summed E-state index contributed by atoms with van der Waals surface area (Å²) in [5.74, 6) is -0.271. The summed E-state index contributed by atoms with van der Waals surface area (Å²) in [5.41, 5.74) is 2.45. The van der Waals surface area contributed by atoms with Crippen LogP contribution in [0.5, 0.6) is 5.75 Å². The Morgan fingerprint density at radius 3 is 2.69 bits per heavy atom. The van der Waals surface area contributed by atoms with Crippen molar-refractivity contribution in [3.8, 4) is 16.9 Å². The minimum atomic E-state index is -0.622. The molecule has 2 aromatic carbocycles. The Labute approximate surface area is 167 Å². The minimum Gasteiger partial charge on any atom is -0.495 e. The van der Waals surface area contributed by atoms with Gasteiger partial charge in [0.25, 0.3) is 5.91 Å². The summed E-state index contributed by atoms with van der Waals surface area (Å²) in [6.07, 6.45) is 3.75. The van der Waals surface area contributed by atoms with Crippen molar-refractivity contribution in [2.24, 2.45) is 0 Å². The fourth-order valence-electron chi connectivity index (χ4n) is 3.56. The predicted octanol–water partition coefficient (Wildman–Crippen LogP) is 3.36. The number of halogens is 1. The van der Waals surface area contributed by atoms with Gasteiger partial charge >= 0.3 is 0 Å². The number of H-pyrrole nitrogens is 1. The second-order valence-electron chi connectivity index (χ2n) is 6.77. The molecular weight excluding hydrogens is 373 g/mol. The van der Waals surface area contributed by atoms with E-state index < -0.39 is 6.04 Å². The van der Waals surface area contributed by atoms with Gasteiger partial charge in [-0.05, 0) is 36.2 Å². The van der Waals surface area contributed by atoms with E-state index in [-0.39, 0.29) is 17.6 Å². The molecule has 1 atom stereocenters. The molecule has 0 spiro atoms. The smallest absolute Gasteiger partial charge is 0.254 e. The first-order chi connectivity index (χ1) is 14.1. The second kappa shape index (κ2) is 7.79. The second-order valence-corrected chi connectivity index (χ2v) is 6.77. The van der Waals surface area contributed by atoms with E-state index in [4.69, 9.17) is 4.74 Å². The van der Waals surface area contributed by atoms with Crippen molar-refractivity contribution in [3.63, 3.8) is 0 Å². The number of carbonyl (C=O) groups excluding carboxylic acids is 2. The van der Waals surface area contributed by atoms with Crippen molar-refractivity contribution in [2.45, 2.75) is 12.5 Å². The van der Waals surface area contributed by atoms with Gasteiger partial charge in [-0.1, -0.05) is 24.3 Å². The fraction of sp³-hybridized carbons (Fsp3) is 0.182. The van der Waals surface area contributed by atoms with E-state index in [1.54, 1.807) is 42.6 Å². The third-order valence-corrected chi connectivity index (χ3v) is 5.03. The summed E-state index contributed by atoms with van der Waals surface area (Å²) < 4.78 is 18.5. The molecule has 6 nitrogen and oxygen atoms in total. The number of nitrogens with one attached hydrogen (secondary N) is 2. The summed E-state index contributed by atoms with van der Waals surface area (Å²) in [6, 6.07) is 12.6. The number of nitrogens with zero attached hydrogens (tertiary/aromatic N) is 1. The van der Waals surface area contributed by atoms with E-state index in [2.05, 4.69) is 10.3 Å². The lowest BCUT2D eigenvalue weighted by Crippen LogP contribution is -2.41. The Balaban J connectivity index is 1.51. The molecule has 4 rings (SSSR count). The molecule has 7 heteroatoms. The quantitative estimate of drug-likeness (QED) is 0.698. The molecule has 1 saturated heterocycles. The number of anilines is 1. The first-order valence-corrected chi connectivity index (χ1v) is 9.26. The molecule has 2 heterocycles. The molecule has 1 aliphatic rings. The number of aromatic amines is 1. The molecule has 29 heavy (non-hydrogen) atoms. The maximum Gasteiger partial charge on any atom is 0.254 e. The monoisotopic (exact) mass is 393 g/mol. The number of benzene rings is 2. The highest BCUT2D eigenvalue weighted by Crippen LogP contribution is 2.31. The number of methoxy groups -OCH3 is 1. The Morgan fingerprint density at radius 2 is 1.93 bits per heavy atom. The minimum absolute atomic E-state index is 0.179. The lowest BCUT2D eigenvalue weighted by Gasteiger charge is -2.19. The Morgan fingerprint density at radius 1 is 1.17 bits per heavy atom. The molecule has 1 unspecified atom stereocenters. The van der Waals surface area contributed by atoms with Crippen LogP contribution in [0.3, 0.4) is 0 Å². The standard InChI is InChI=1S/C22H20FN3O3/c1-29-20-5-3-2-4-19(20)26-11-10-18(22(26)28)25-21(27)17-13-24-12-16(17)14-6-8-15(23)9-7-14/h2-9,12-13,18,24H,10-11H2,1H3,(H,25,27). The molecule has 3 aromatic rings. The maximum absolute atomic E-state index is 13.2. The molecule has 0 radical (unpaired) electrons. The number of aromatic nitrogens is 1. The number of amides is 2. The van der Waals surface area contributed by atoms with Crippen molar-refractivity contribution in [2.75, 3.05) is 18.6 Å². The number of rotatable bonds is 5. The van der Waals surface area contributed by atoms with Crippen LogP contribution in [0.25, 0.3) is 11.1 Å². The van der Waals surface area contributed by atoms with Gasteiger partial charge in [-0.25, -0.2) is 4.39 Å². The van der Waals surface area contributed by atoms with Gasteiger partial charge in [0.15, 0.2) is 0 Å². The highest BCUT2D eigenvalue weighted by molar-refractivity contribution is 6.06. The number of hydrogen-bond donors (Lipinski definition) is 2. The topological polar surface area (TPSA) is 74.4 Å². The Kier molecular flexibility index (Phi) is 5.03. The van der Waals surface area contributed by atoms with Gasteiger partial charge in [0.05, 0.1) is 18.4 Å². The van der Waals surface area contributed by atoms with Crippen molar-refractivity contribution < 1.29 is 18.7 Å². The van der Waals surface area contributed by atoms with Gasteiger partial charge in [0.2, 0.25) is 5.91 Å². The Hall–Kier alpha value is -3.61. The molecule has 0 saturated carbocycles. The number of hydrogen-bond acceptors (Lipinski definition) is 3. The van der Waals surface area contributed by atoms with E-state index in [1.807, 2.05) is 18.2 Å². The summed E-state index contributed by atoms with van der Waals surface area (Å²) in [4.78, 5) is 30.3. The van der Waals surface area contributed by atoms with Crippen molar-refractivity contribution in [3.05, 3.63) is 72.3 Å². The van der Waals surface area contributed by atoms with Crippen molar-refractivity contribution >= 4 is 17.5 Å². The average Bonchev–Trinajstić information content (AvgIpc) is 3.36. The van der Waals surface area contributed by atoms with Crippen LogP contribution in [-0.4, -0.2) is 36.5 Å². The van der Waals surface area contributed by atoms with Crippen LogP contribution in [0, 0.1) is 5.82 Å². The summed E-state index contributed by atoms with van der Waals surface area (Å²) in [5, 5.41) is 2.82. The van der Waals surface area contributed by atoms with Crippen LogP contribution in [0.1, 0.15) is 16.8 Å². The molecule has 2 N–H and O–H groups in total. The zero-order chi connectivity index (χ0) is 20.4. The van der Waals surface area contributed by atoms with E-state index in [9.17, 15) is 14.0 Å². The van der Waals surface area contributed by atoms with Gasteiger partial charge in [0.1, 0.15) is 17.6 Å². The lowest BCUT2D eigenvalue weighted by molar-refractivity contribution is -0.118. The van der Waals surface area contributed by atoms with Gasteiger partial charge in [-0.2, -0.15) is 0 Å². The van der Waals surface area contributed by atoms with Gasteiger partial charge in [-0.3, -0.25) is 9.59 Å². The van der Waals surface area contributed by atoms with E-state index >= 15 is 0 Å². The van der Waals surface area contributed by atoms with E-state index in [0.29, 0.717) is 41.1 Å². The highest BCUT2D eigenvalue weighted by Gasteiger charge is 2.35. The molecule has 148 valence electrons. The molecule has 1 aliphatic heterocycles. The normalized spacial score (nSPS) is 16.1. The Bertz CT molecular complexity index is 1050. The SMILES string of the molecule is COc1ccccc1N1CCC(NC(=O)c2c[nH]cc2-c2ccc(F)cc2)C1=O. The van der Waals surface area contributed by atoms with Crippen LogP contribution in [0.4, 0.5) is 10.1 Å². The fourth-order valence-corrected chi connectivity index (χ4v) is 3.56. The average molecular weight is 393 g/mol. The number of carbonyl (C=O) groups is 2. The summed E-state index contributed by atoms with van der Waals surface area (Å²) in [7, 11) is 1.56. The lowest BCUT2D eigenvalue weighted by atomic mass is 10.0. The van der Waals surface area contributed by atoms with Gasteiger partial charge in [0, 0.05) is 24.5 Å². The molecule has 0 aliphatic carbocycles. The molecule has 1 aromatic heterocycles. The van der Waals surface area contributed by atoms with Crippen molar-refractivity contribution in [1.29, 1.82) is 0 Å². The van der Waals surface area contributed by atoms with Gasteiger partial charge < -0.3 is 19.9 Å². The van der Waals surface area contributed by atoms with Crippen LogP contribution >= 0.6 is 0 Å². The van der Waals surface area contributed by atoms with Crippen molar-refractivity contribution in [1.82, 2.24) is 10.3 Å². The molecule has 0 bridgehead atoms. The zero-order valence-corrected chi connectivity index (χ0v) is 15.8. The molecule has 2 amide bonds. The molecule has 1 fully saturated rings.